The van der Waals surface area contributed by atoms with Crippen molar-refractivity contribution in [3.63, 3.8) is 0 Å². The fourth-order valence-corrected chi connectivity index (χ4v) is 3.63. The maximum Gasteiger partial charge on any atom is 0.126 e. The molecule has 0 bridgehead atoms. The highest BCUT2D eigenvalue weighted by Crippen LogP contribution is 2.44. The zero-order valence-corrected chi connectivity index (χ0v) is 12.8. The Labute approximate surface area is 116 Å². The summed E-state index contributed by atoms with van der Waals surface area (Å²) in [5.41, 5.74) is 0.319. The lowest BCUT2D eigenvalue weighted by Crippen LogP contribution is -2.43. The molecule has 5 heteroatoms. The fraction of sp³-hybridized carbons (Fsp3) is 0.769. The van der Waals surface area contributed by atoms with Crippen molar-refractivity contribution in [2.75, 3.05) is 7.11 Å². The molecule has 3 unspecified atom stereocenters. The average molecular weight is 317 g/mol. The summed E-state index contributed by atoms with van der Waals surface area (Å²) in [5, 5.41) is 14.9. The van der Waals surface area contributed by atoms with E-state index in [9.17, 15) is 5.11 Å². The summed E-state index contributed by atoms with van der Waals surface area (Å²) in [6, 6.07) is 0. The molecule has 2 rings (SSSR count). The van der Waals surface area contributed by atoms with Crippen molar-refractivity contribution >= 4 is 15.9 Å². The van der Waals surface area contributed by atoms with Crippen LogP contribution in [0.4, 0.5) is 0 Å². The Balaban J connectivity index is 2.32. The van der Waals surface area contributed by atoms with Crippen LogP contribution in [-0.4, -0.2) is 27.6 Å². The van der Waals surface area contributed by atoms with Gasteiger partial charge in [-0.25, -0.2) is 0 Å². The van der Waals surface area contributed by atoms with E-state index in [0.29, 0.717) is 5.92 Å². The fourth-order valence-electron chi connectivity index (χ4n) is 3.07. The van der Waals surface area contributed by atoms with Gasteiger partial charge in [0.25, 0.3) is 0 Å². The molecule has 1 N–H and O–H groups in total. The monoisotopic (exact) mass is 316 g/mol. The largest absolute Gasteiger partial charge is 0.384 e. The number of aliphatic hydroxyl groups is 1. The van der Waals surface area contributed by atoms with Crippen molar-refractivity contribution < 1.29 is 9.84 Å². The Hall–Kier alpha value is -0.390. The molecule has 18 heavy (non-hydrogen) atoms. The van der Waals surface area contributed by atoms with E-state index < -0.39 is 11.7 Å². The van der Waals surface area contributed by atoms with E-state index in [-0.39, 0.29) is 0 Å². The van der Waals surface area contributed by atoms with E-state index in [1.807, 2.05) is 7.05 Å². The van der Waals surface area contributed by atoms with E-state index in [1.54, 1.807) is 18.0 Å². The zero-order valence-electron chi connectivity index (χ0n) is 11.2. The van der Waals surface area contributed by atoms with E-state index in [0.717, 1.165) is 29.4 Å². The molecule has 0 radical (unpaired) electrons. The Morgan fingerprint density at radius 1 is 1.67 bits per heavy atom. The number of aryl methyl sites for hydroxylation is 1. The van der Waals surface area contributed by atoms with Crippen molar-refractivity contribution in [1.29, 1.82) is 0 Å². The first kappa shape index (κ1) is 14.0. The van der Waals surface area contributed by atoms with Crippen LogP contribution >= 0.6 is 15.9 Å². The normalized spacial score (nSPS) is 30.4. The van der Waals surface area contributed by atoms with Gasteiger partial charge in [0.1, 0.15) is 6.10 Å². The summed E-state index contributed by atoms with van der Waals surface area (Å²) < 4.78 is 8.29. The molecule has 1 heterocycles. The highest BCUT2D eigenvalue weighted by atomic mass is 79.9. The Kier molecular flexibility index (Phi) is 4.14. The number of hydrogen-bond acceptors (Lipinski definition) is 3. The van der Waals surface area contributed by atoms with Gasteiger partial charge in [0.15, 0.2) is 0 Å². The van der Waals surface area contributed by atoms with E-state index >= 15 is 0 Å². The number of nitrogens with zero attached hydrogens (tertiary/aromatic N) is 2. The SMILES string of the molecule is COC1(C(O)c2c(Br)cnn2C)CCCC(C)C1. The van der Waals surface area contributed by atoms with Gasteiger partial charge in [-0.15, -0.1) is 0 Å². The molecule has 0 aromatic carbocycles. The molecular weight excluding hydrogens is 296 g/mol. The van der Waals surface area contributed by atoms with Gasteiger partial charge < -0.3 is 9.84 Å². The minimum Gasteiger partial charge on any atom is -0.384 e. The second kappa shape index (κ2) is 5.31. The van der Waals surface area contributed by atoms with Crippen molar-refractivity contribution in [2.45, 2.75) is 44.3 Å². The van der Waals surface area contributed by atoms with Gasteiger partial charge in [-0.3, -0.25) is 4.68 Å². The summed E-state index contributed by atoms with van der Waals surface area (Å²) in [6.45, 7) is 2.22. The van der Waals surface area contributed by atoms with Gasteiger partial charge in [0.2, 0.25) is 0 Å². The van der Waals surface area contributed by atoms with Crippen LogP contribution in [0.15, 0.2) is 10.7 Å². The second-order valence-electron chi connectivity index (χ2n) is 5.37. The number of methoxy groups -OCH3 is 1. The van der Waals surface area contributed by atoms with Crippen molar-refractivity contribution in [1.82, 2.24) is 9.78 Å². The summed E-state index contributed by atoms with van der Waals surface area (Å²) >= 11 is 3.45. The molecule has 1 aliphatic rings. The molecule has 0 amide bonds. The molecule has 4 nitrogen and oxygen atoms in total. The lowest BCUT2D eigenvalue weighted by Gasteiger charge is -2.42. The summed E-state index contributed by atoms with van der Waals surface area (Å²) in [6.07, 6.45) is 5.17. The van der Waals surface area contributed by atoms with Gasteiger partial charge in [-0.05, 0) is 34.7 Å². The van der Waals surface area contributed by atoms with Crippen LogP contribution in [0.25, 0.3) is 0 Å². The number of aromatic nitrogens is 2. The molecule has 0 saturated heterocycles. The Bertz CT molecular complexity index is 402. The van der Waals surface area contributed by atoms with E-state index in [4.69, 9.17) is 4.74 Å². The van der Waals surface area contributed by atoms with Crippen LogP contribution in [0.2, 0.25) is 0 Å². The minimum absolute atomic E-state index is 0.478. The molecular formula is C13H21BrN2O2. The number of hydrogen-bond donors (Lipinski definition) is 1. The van der Waals surface area contributed by atoms with Crippen LogP contribution < -0.4 is 0 Å². The highest BCUT2D eigenvalue weighted by molar-refractivity contribution is 9.10. The van der Waals surface area contributed by atoms with Gasteiger partial charge >= 0.3 is 0 Å². The first-order valence-corrected chi connectivity index (χ1v) is 7.20. The molecule has 1 aromatic rings. The van der Waals surface area contributed by atoms with Crippen LogP contribution in [0.3, 0.4) is 0 Å². The summed E-state index contributed by atoms with van der Waals surface area (Å²) in [4.78, 5) is 0. The Morgan fingerprint density at radius 2 is 2.39 bits per heavy atom. The summed E-state index contributed by atoms with van der Waals surface area (Å²) in [5.74, 6) is 0.584. The molecule has 3 atom stereocenters. The predicted molar refractivity (Wildman–Crippen MR) is 73.2 cm³/mol. The third-order valence-electron chi connectivity index (χ3n) is 4.09. The first-order valence-electron chi connectivity index (χ1n) is 6.41. The minimum atomic E-state index is -0.646. The lowest BCUT2D eigenvalue weighted by molar-refractivity contribution is -0.136. The van der Waals surface area contributed by atoms with Crippen LogP contribution in [0.1, 0.15) is 44.4 Å². The predicted octanol–water partition coefficient (Wildman–Crippen LogP) is 2.81. The maximum atomic E-state index is 10.7. The first-order chi connectivity index (χ1) is 8.50. The van der Waals surface area contributed by atoms with Crippen molar-refractivity contribution in [3.8, 4) is 0 Å². The lowest BCUT2D eigenvalue weighted by atomic mass is 9.75. The highest BCUT2D eigenvalue weighted by Gasteiger charge is 2.44. The van der Waals surface area contributed by atoms with Crippen LogP contribution in [0, 0.1) is 5.92 Å². The van der Waals surface area contributed by atoms with Crippen molar-refractivity contribution in [2.24, 2.45) is 13.0 Å². The standard InChI is InChI=1S/C13H21BrN2O2/c1-9-5-4-6-13(7-9,18-3)12(17)11-10(14)8-15-16(11)2/h8-9,12,17H,4-7H2,1-3H3. The second-order valence-corrected chi connectivity index (χ2v) is 6.23. The van der Waals surface area contributed by atoms with Gasteiger partial charge in [-0.2, -0.15) is 5.10 Å². The van der Waals surface area contributed by atoms with Gasteiger partial charge in [0.05, 0.1) is 22.0 Å². The molecule has 1 aliphatic carbocycles. The molecule has 0 spiro atoms. The molecule has 102 valence electrons. The van der Waals surface area contributed by atoms with Gasteiger partial charge in [-0.1, -0.05) is 19.8 Å². The maximum absolute atomic E-state index is 10.7. The number of ether oxygens (including phenoxy) is 1. The number of rotatable bonds is 3. The van der Waals surface area contributed by atoms with Gasteiger partial charge in [0, 0.05) is 14.2 Å². The summed E-state index contributed by atoms with van der Waals surface area (Å²) in [7, 11) is 3.55. The third kappa shape index (κ3) is 2.36. The molecule has 1 saturated carbocycles. The number of halogens is 1. The van der Waals surface area contributed by atoms with Crippen LogP contribution in [0.5, 0.6) is 0 Å². The Morgan fingerprint density at radius 3 is 2.89 bits per heavy atom. The third-order valence-corrected chi connectivity index (χ3v) is 4.70. The molecule has 1 aromatic heterocycles. The topological polar surface area (TPSA) is 47.3 Å². The quantitative estimate of drug-likeness (QED) is 0.932. The molecule has 0 aliphatic heterocycles. The average Bonchev–Trinajstić information content (AvgIpc) is 2.68. The smallest absolute Gasteiger partial charge is 0.126 e. The van der Waals surface area contributed by atoms with Crippen LogP contribution in [-0.2, 0) is 11.8 Å². The number of aliphatic hydroxyl groups excluding tert-OH is 1. The van der Waals surface area contributed by atoms with Crippen molar-refractivity contribution in [3.05, 3.63) is 16.4 Å². The van der Waals surface area contributed by atoms with E-state index in [2.05, 4.69) is 28.0 Å². The zero-order chi connectivity index (χ0) is 13.3. The van der Waals surface area contributed by atoms with E-state index in [1.165, 1.54) is 6.42 Å². The molecule has 1 fully saturated rings.